The smallest absolute Gasteiger partial charge is 0.115 e. The van der Waals surface area contributed by atoms with Gasteiger partial charge in [-0.3, -0.25) is 0 Å². The van der Waals surface area contributed by atoms with Gasteiger partial charge in [0, 0.05) is 4.83 Å². The number of hydrogen-bond acceptors (Lipinski definition) is 1. The molecular formula is C18H23BrO. The van der Waals surface area contributed by atoms with Crippen LogP contribution in [-0.4, -0.2) is 9.93 Å². The molecule has 0 aromatic heterocycles. The average Bonchev–Trinajstić information content (AvgIpc) is 2.74. The van der Waals surface area contributed by atoms with Crippen LogP contribution in [0.3, 0.4) is 0 Å². The van der Waals surface area contributed by atoms with Crippen molar-refractivity contribution in [2.45, 2.75) is 56.2 Å². The number of phenols is 1. The maximum absolute atomic E-state index is 9.70. The van der Waals surface area contributed by atoms with Crippen molar-refractivity contribution in [3.63, 3.8) is 0 Å². The largest absolute Gasteiger partial charge is 0.508 e. The van der Waals surface area contributed by atoms with Crippen LogP contribution in [0.15, 0.2) is 18.2 Å². The summed E-state index contributed by atoms with van der Waals surface area (Å²) in [5.41, 5.74) is 3.47. The van der Waals surface area contributed by atoms with E-state index in [4.69, 9.17) is 0 Å². The van der Waals surface area contributed by atoms with Crippen LogP contribution >= 0.6 is 15.9 Å². The van der Waals surface area contributed by atoms with Gasteiger partial charge < -0.3 is 5.11 Å². The minimum Gasteiger partial charge on any atom is -0.508 e. The van der Waals surface area contributed by atoms with E-state index in [0.29, 0.717) is 11.2 Å². The van der Waals surface area contributed by atoms with Gasteiger partial charge in [0.1, 0.15) is 5.75 Å². The first-order valence-electron chi connectivity index (χ1n) is 8.05. The van der Waals surface area contributed by atoms with Crippen LogP contribution < -0.4 is 0 Å². The Bertz CT molecular complexity index is 540. The van der Waals surface area contributed by atoms with Crippen LogP contribution in [0.25, 0.3) is 0 Å². The fourth-order valence-electron chi connectivity index (χ4n) is 5.50. The van der Waals surface area contributed by atoms with Crippen LogP contribution in [0.2, 0.25) is 0 Å². The molecule has 0 saturated heterocycles. The monoisotopic (exact) mass is 334 g/mol. The molecule has 1 nitrogen and oxygen atoms in total. The highest BCUT2D eigenvalue weighted by Gasteiger charge is 2.53. The number of aromatic hydroxyl groups is 1. The van der Waals surface area contributed by atoms with Crippen molar-refractivity contribution in [3.05, 3.63) is 29.3 Å². The predicted octanol–water partition coefficient (Wildman–Crippen LogP) is 5.01. The van der Waals surface area contributed by atoms with E-state index >= 15 is 0 Å². The third kappa shape index (κ3) is 1.73. The van der Waals surface area contributed by atoms with Crippen LogP contribution in [0, 0.1) is 17.3 Å². The molecule has 0 unspecified atom stereocenters. The third-order valence-electron chi connectivity index (χ3n) is 6.59. The van der Waals surface area contributed by atoms with Gasteiger partial charge in [-0.2, -0.15) is 0 Å². The number of phenolic OH excluding ortho intramolecular Hbond substituents is 1. The maximum atomic E-state index is 9.70. The Morgan fingerprint density at radius 2 is 2.05 bits per heavy atom. The van der Waals surface area contributed by atoms with Gasteiger partial charge in [-0.1, -0.05) is 28.9 Å². The standard InChI is InChI=1S/C18H23BrO/c1-18-9-8-14-13-5-3-12(20)10-11(13)2-4-15(14)16(18)6-7-17(18)19/h3,5,10,14-17,20H,2,4,6-9H2,1H3/t14-,15-,16+,17+,18+/m1/s1. The lowest BCUT2D eigenvalue weighted by Gasteiger charge is -2.50. The lowest BCUT2D eigenvalue weighted by atomic mass is 9.56. The second-order valence-corrected chi connectivity index (χ2v) is 8.49. The summed E-state index contributed by atoms with van der Waals surface area (Å²) in [5, 5.41) is 9.70. The first-order valence-corrected chi connectivity index (χ1v) is 8.97. The van der Waals surface area contributed by atoms with Gasteiger partial charge in [-0.15, -0.1) is 0 Å². The summed E-state index contributed by atoms with van der Waals surface area (Å²) in [6.07, 6.45) is 7.92. The van der Waals surface area contributed by atoms with Crippen molar-refractivity contribution >= 4 is 15.9 Å². The Morgan fingerprint density at radius 3 is 2.90 bits per heavy atom. The Kier molecular flexibility index (Phi) is 2.96. The SMILES string of the molecule is C[C@]12CC[C@@H]3c4ccc(O)cc4CC[C@H]3[C@@H]1CC[C@@H]2Br. The van der Waals surface area contributed by atoms with Crippen molar-refractivity contribution in [2.75, 3.05) is 0 Å². The zero-order chi connectivity index (χ0) is 13.9. The number of benzene rings is 1. The zero-order valence-electron chi connectivity index (χ0n) is 12.1. The van der Waals surface area contributed by atoms with Gasteiger partial charge in [-0.25, -0.2) is 0 Å². The Hall–Kier alpha value is -0.500. The van der Waals surface area contributed by atoms with Crippen LogP contribution in [0.4, 0.5) is 0 Å². The fraction of sp³-hybridized carbons (Fsp3) is 0.667. The molecule has 0 bridgehead atoms. The van der Waals surface area contributed by atoms with Crippen molar-refractivity contribution in [1.29, 1.82) is 0 Å². The van der Waals surface area contributed by atoms with E-state index in [1.807, 2.05) is 12.1 Å². The van der Waals surface area contributed by atoms with E-state index in [1.165, 1.54) is 37.7 Å². The molecule has 20 heavy (non-hydrogen) atoms. The van der Waals surface area contributed by atoms with Crippen LogP contribution in [0.1, 0.15) is 56.1 Å². The number of fused-ring (bicyclic) bond motifs is 5. The zero-order valence-corrected chi connectivity index (χ0v) is 13.7. The highest BCUT2D eigenvalue weighted by molar-refractivity contribution is 9.09. The summed E-state index contributed by atoms with van der Waals surface area (Å²) in [5.74, 6) is 2.94. The summed E-state index contributed by atoms with van der Waals surface area (Å²) < 4.78 is 0. The van der Waals surface area contributed by atoms with Gasteiger partial charge in [0.25, 0.3) is 0 Å². The van der Waals surface area contributed by atoms with E-state index in [2.05, 4.69) is 28.9 Å². The molecule has 3 aliphatic rings. The molecule has 108 valence electrons. The average molecular weight is 335 g/mol. The summed E-state index contributed by atoms with van der Waals surface area (Å²) in [6.45, 7) is 2.52. The number of alkyl halides is 1. The quantitative estimate of drug-likeness (QED) is 0.661. The summed E-state index contributed by atoms with van der Waals surface area (Å²) in [7, 11) is 0. The van der Waals surface area contributed by atoms with Gasteiger partial charge in [0.2, 0.25) is 0 Å². The second-order valence-electron chi connectivity index (χ2n) is 7.39. The molecule has 5 atom stereocenters. The molecule has 2 fully saturated rings. The molecule has 2 heteroatoms. The molecule has 0 spiro atoms. The first-order chi connectivity index (χ1) is 9.59. The molecule has 2 saturated carbocycles. The van der Waals surface area contributed by atoms with Crippen molar-refractivity contribution in [2.24, 2.45) is 17.3 Å². The number of halogens is 1. The molecule has 1 N–H and O–H groups in total. The number of rotatable bonds is 0. The molecule has 0 radical (unpaired) electrons. The van der Waals surface area contributed by atoms with Crippen LogP contribution in [0.5, 0.6) is 5.75 Å². The molecule has 1 aromatic rings. The summed E-state index contributed by atoms with van der Waals surface area (Å²) in [4.78, 5) is 0.724. The Morgan fingerprint density at radius 1 is 1.20 bits per heavy atom. The normalized spacial score (nSPS) is 42.7. The highest BCUT2D eigenvalue weighted by Crippen LogP contribution is 2.62. The molecule has 1 aromatic carbocycles. The fourth-order valence-corrected chi connectivity index (χ4v) is 6.34. The van der Waals surface area contributed by atoms with Crippen LogP contribution in [-0.2, 0) is 6.42 Å². The minimum absolute atomic E-state index is 0.434. The molecule has 0 heterocycles. The molecule has 4 rings (SSSR count). The van der Waals surface area contributed by atoms with E-state index in [0.717, 1.165) is 29.0 Å². The minimum atomic E-state index is 0.434. The lowest BCUT2D eigenvalue weighted by Crippen LogP contribution is -2.42. The van der Waals surface area contributed by atoms with E-state index in [-0.39, 0.29) is 0 Å². The van der Waals surface area contributed by atoms with Gasteiger partial charge in [-0.05, 0) is 85.0 Å². The number of hydrogen-bond donors (Lipinski definition) is 1. The maximum Gasteiger partial charge on any atom is 0.115 e. The topological polar surface area (TPSA) is 20.2 Å². The Balaban J connectivity index is 1.71. The second kappa shape index (κ2) is 4.50. The van der Waals surface area contributed by atoms with E-state index in [9.17, 15) is 5.11 Å². The van der Waals surface area contributed by atoms with Crippen molar-refractivity contribution in [3.8, 4) is 5.75 Å². The van der Waals surface area contributed by atoms with E-state index in [1.54, 1.807) is 5.56 Å². The van der Waals surface area contributed by atoms with Crippen molar-refractivity contribution < 1.29 is 5.11 Å². The predicted molar refractivity (Wildman–Crippen MR) is 85.4 cm³/mol. The molecule has 3 aliphatic carbocycles. The molecule has 0 amide bonds. The highest BCUT2D eigenvalue weighted by atomic mass is 79.9. The van der Waals surface area contributed by atoms with Crippen molar-refractivity contribution in [1.82, 2.24) is 0 Å². The third-order valence-corrected chi connectivity index (χ3v) is 8.10. The van der Waals surface area contributed by atoms with Gasteiger partial charge in [0.15, 0.2) is 0 Å². The van der Waals surface area contributed by atoms with Gasteiger partial charge in [0.05, 0.1) is 0 Å². The number of aryl methyl sites for hydroxylation is 1. The summed E-state index contributed by atoms with van der Waals surface area (Å²) >= 11 is 3.96. The molecule has 0 aliphatic heterocycles. The summed E-state index contributed by atoms with van der Waals surface area (Å²) in [6, 6.07) is 6.09. The van der Waals surface area contributed by atoms with Gasteiger partial charge >= 0.3 is 0 Å². The first kappa shape index (κ1) is 13.2. The Labute approximate surface area is 129 Å². The van der Waals surface area contributed by atoms with E-state index < -0.39 is 0 Å². The molecular weight excluding hydrogens is 312 g/mol. The lowest BCUT2D eigenvalue weighted by molar-refractivity contribution is 0.0640.